The Morgan fingerprint density at radius 3 is 2.29 bits per heavy atom. The fraction of sp³-hybridized carbons (Fsp3) is 0.333. The van der Waals surface area contributed by atoms with Gasteiger partial charge >= 0.3 is 12.1 Å². The van der Waals surface area contributed by atoms with Gasteiger partial charge < -0.3 is 4.74 Å². The Morgan fingerprint density at radius 1 is 1.18 bits per heavy atom. The first-order valence-corrected chi connectivity index (χ1v) is 6.03. The van der Waals surface area contributed by atoms with E-state index in [4.69, 9.17) is 0 Å². The van der Waals surface area contributed by atoms with E-state index in [0.717, 1.165) is 0 Å². The Kier molecular flexibility index (Phi) is 4.61. The van der Waals surface area contributed by atoms with Crippen molar-refractivity contribution >= 4 is 38.5 Å². The number of ether oxygens (including phenoxy) is 1. The van der Waals surface area contributed by atoms with E-state index in [0.29, 0.717) is 8.04 Å². The molecular weight excluding hydrogens is 426 g/mol. The molecule has 0 N–H and O–H groups in total. The maximum Gasteiger partial charge on any atom is 0.456 e. The smallest absolute Gasteiger partial charge is 0.456 e. The van der Waals surface area contributed by atoms with Gasteiger partial charge in [0.2, 0.25) is 0 Å². The number of hydrogen-bond acceptors (Lipinski definition) is 1. The molecule has 0 saturated carbocycles. The third-order valence-corrected chi connectivity index (χ3v) is 3.04. The van der Waals surface area contributed by atoms with Gasteiger partial charge in [-0.1, -0.05) is 0 Å². The van der Waals surface area contributed by atoms with Gasteiger partial charge in [-0.25, -0.2) is 0 Å². The van der Waals surface area contributed by atoms with Crippen LogP contribution < -0.4 is 4.74 Å². The number of alkyl halides is 5. The fourth-order valence-corrected chi connectivity index (χ4v) is 1.66. The Morgan fingerprint density at radius 2 is 1.76 bits per heavy atom. The van der Waals surface area contributed by atoms with Gasteiger partial charge in [0.1, 0.15) is 5.75 Å². The zero-order valence-electron chi connectivity index (χ0n) is 7.99. The number of hydrogen-bond donors (Lipinski definition) is 0. The van der Waals surface area contributed by atoms with Crippen LogP contribution in [0.4, 0.5) is 22.0 Å². The average Bonchev–Trinajstić information content (AvgIpc) is 2.18. The highest BCUT2D eigenvalue weighted by molar-refractivity contribution is 14.1. The van der Waals surface area contributed by atoms with Crippen molar-refractivity contribution in [2.75, 3.05) is 6.61 Å². The molecule has 0 bridgehead atoms. The van der Waals surface area contributed by atoms with Crippen molar-refractivity contribution in [3.63, 3.8) is 0 Å². The van der Waals surface area contributed by atoms with Crippen LogP contribution in [0.3, 0.4) is 0 Å². The van der Waals surface area contributed by atoms with E-state index in [9.17, 15) is 22.0 Å². The van der Waals surface area contributed by atoms with Crippen molar-refractivity contribution in [1.29, 1.82) is 0 Å². The second-order valence-electron chi connectivity index (χ2n) is 3.07. The summed E-state index contributed by atoms with van der Waals surface area (Å²) in [5.74, 6) is -4.92. The van der Waals surface area contributed by atoms with Crippen molar-refractivity contribution in [3.8, 4) is 5.75 Å². The number of benzene rings is 1. The molecule has 0 unspecified atom stereocenters. The molecule has 0 fully saturated rings. The highest BCUT2D eigenvalue weighted by atomic mass is 127. The molecule has 17 heavy (non-hydrogen) atoms. The van der Waals surface area contributed by atoms with Crippen molar-refractivity contribution in [1.82, 2.24) is 0 Å². The molecule has 0 radical (unpaired) electrons. The summed E-state index contributed by atoms with van der Waals surface area (Å²) in [6.07, 6.45) is -5.61. The predicted octanol–water partition coefficient (Wildman–Crippen LogP) is 4.63. The van der Waals surface area contributed by atoms with Crippen LogP contribution in [0.15, 0.2) is 22.7 Å². The second-order valence-corrected chi connectivity index (χ2v) is 5.17. The van der Waals surface area contributed by atoms with Gasteiger partial charge in [0.05, 0.1) is 4.47 Å². The summed E-state index contributed by atoms with van der Waals surface area (Å²) in [5.41, 5.74) is 0. The Hall–Kier alpha value is -0.120. The van der Waals surface area contributed by atoms with E-state index >= 15 is 0 Å². The molecule has 1 aromatic carbocycles. The van der Waals surface area contributed by atoms with Crippen LogP contribution in [0.25, 0.3) is 0 Å². The summed E-state index contributed by atoms with van der Waals surface area (Å²) in [5, 5.41) is 0. The fourth-order valence-electron chi connectivity index (χ4n) is 0.838. The minimum atomic E-state index is -5.61. The van der Waals surface area contributed by atoms with E-state index in [1.165, 1.54) is 12.1 Å². The summed E-state index contributed by atoms with van der Waals surface area (Å²) in [6.45, 7) is -1.74. The molecule has 0 spiro atoms. The van der Waals surface area contributed by atoms with E-state index in [2.05, 4.69) is 20.7 Å². The molecule has 0 amide bonds. The molecule has 0 heterocycles. The van der Waals surface area contributed by atoms with Crippen LogP contribution in [0.2, 0.25) is 0 Å². The predicted molar refractivity (Wildman–Crippen MR) is 63.4 cm³/mol. The largest absolute Gasteiger partial charge is 0.486 e. The quantitative estimate of drug-likeness (QED) is 0.502. The zero-order valence-corrected chi connectivity index (χ0v) is 11.7. The number of halogens is 7. The molecule has 1 nitrogen and oxygen atoms in total. The summed E-state index contributed by atoms with van der Waals surface area (Å²) in [4.78, 5) is 0. The summed E-state index contributed by atoms with van der Waals surface area (Å²) in [7, 11) is 0. The van der Waals surface area contributed by atoms with Gasteiger partial charge in [0.15, 0.2) is 6.61 Å². The molecule has 1 aromatic rings. The van der Waals surface area contributed by atoms with Crippen molar-refractivity contribution < 1.29 is 26.7 Å². The maximum absolute atomic E-state index is 12.6. The first-order valence-electron chi connectivity index (χ1n) is 4.16. The monoisotopic (exact) mass is 430 g/mol. The third-order valence-electron chi connectivity index (χ3n) is 1.72. The van der Waals surface area contributed by atoms with Gasteiger partial charge in [0, 0.05) is 3.57 Å². The first kappa shape index (κ1) is 14.9. The number of rotatable bonds is 3. The van der Waals surface area contributed by atoms with Crippen molar-refractivity contribution in [2.24, 2.45) is 0 Å². The highest BCUT2D eigenvalue weighted by Gasteiger charge is 2.58. The van der Waals surface area contributed by atoms with Crippen molar-refractivity contribution in [3.05, 3.63) is 26.2 Å². The highest BCUT2D eigenvalue weighted by Crippen LogP contribution is 2.36. The Bertz CT molecular complexity index is 407. The molecule has 0 aliphatic heterocycles. The van der Waals surface area contributed by atoms with E-state index in [-0.39, 0.29) is 5.75 Å². The van der Waals surface area contributed by atoms with E-state index in [1.54, 1.807) is 6.07 Å². The van der Waals surface area contributed by atoms with Gasteiger partial charge in [-0.05, 0) is 56.7 Å². The lowest BCUT2D eigenvalue weighted by Crippen LogP contribution is -2.41. The minimum absolute atomic E-state index is 0.0548. The van der Waals surface area contributed by atoms with Crippen LogP contribution in [-0.2, 0) is 0 Å². The van der Waals surface area contributed by atoms with Gasteiger partial charge in [-0.2, -0.15) is 22.0 Å². The first-order chi connectivity index (χ1) is 7.63. The van der Waals surface area contributed by atoms with Gasteiger partial charge in [-0.3, -0.25) is 0 Å². The maximum atomic E-state index is 12.6. The van der Waals surface area contributed by atoms with Crippen LogP contribution in [0, 0.1) is 3.57 Å². The second kappa shape index (κ2) is 5.25. The van der Waals surface area contributed by atoms with Gasteiger partial charge in [0.25, 0.3) is 0 Å². The molecule has 1 rings (SSSR count). The lowest BCUT2D eigenvalue weighted by molar-refractivity contribution is -0.290. The molecule has 0 atom stereocenters. The molecule has 0 aliphatic rings. The summed E-state index contributed by atoms with van der Waals surface area (Å²) < 4.78 is 66.2. The summed E-state index contributed by atoms with van der Waals surface area (Å²) in [6, 6.07) is 4.51. The molecular formula is C9H5BrF5IO. The lowest BCUT2D eigenvalue weighted by atomic mass is 10.3. The molecule has 0 saturated heterocycles. The van der Waals surface area contributed by atoms with Crippen LogP contribution in [0.5, 0.6) is 5.75 Å². The minimum Gasteiger partial charge on any atom is -0.486 e. The van der Waals surface area contributed by atoms with Crippen molar-refractivity contribution in [2.45, 2.75) is 12.1 Å². The lowest BCUT2D eigenvalue weighted by Gasteiger charge is -2.20. The molecule has 96 valence electrons. The Balaban J connectivity index is 2.77. The molecule has 8 heteroatoms. The standard InChI is InChI=1S/C9H5BrF5IO/c10-6-2-1-5(16)3-7(6)17-4-8(11,12)9(13,14)15/h1-3H,4H2. The van der Waals surface area contributed by atoms with E-state index < -0.39 is 18.7 Å². The van der Waals surface area contributed by atoms with Gasteiger partial charge in [-0.15, -0.1) is 0 Å². The van der Waals surface area contributed by atoms with Crippen LogP contribution in [0.1, 0.15) is 0 Å². The van der Waals surface area contributed by atoms with Crippen LogP contribution >= 0.6 is 38.5 Å². The third kappa shape index (κ3) is 3.94. The van der Waals surface area contributed by atoms with Crippen LogP contribution in [-0.4, -0.2) is 18.7 Å². The normalized spacial score (nSPS) is 12.6. The van der Waals surface area contributed by atoms with E-state index in [1.807, 2.05) is 22.6 Å². The molecule has 0 aromatic heterocycles. The zero-order chi connectivity index (χ0) is 13.3. The molecule has 0 aliphatic carbocycles. The topological polar surface area (TPSA) is 9.23 Å². The average molecular weight is 431 g/mol. The summed E-state index contributed by atoms with van der Waals surface area (Å²) >= 11 is 4.88. The Labute approximate surface area is 116 Å². The SMILES string of the molecule is FC(F)(F)C(F)(F)COc1cc(I)ccc1Br.